The fourth-order valence-corrected chi connectivity index (χ4v) is 5.28. The zero-order valence-electron chi connectivity index (χ0n) is 13.9. The van der Waals surface area contributed by atoms with Gasteiger partial charge in [0.15, 0.2) is 9.84 Å². The second-order valence-electron chi connectivity index (χ2n) is 6.77. The first-order valence-electron chi connectivity index (χ1n) is 8.62. The third-order valence-corrected chi connectivity index (χ3v) is 7.25. The predicted molar refractivity (Wildman–Crippen MR) is 88.6 cm³/mol. The van der Waals surface area contributed by atoms with Gasteiger partial charge in [0.1, 0.15) is 5.75 Å². The molecule has 0 unspecified atom stereocenters. The highest BCUT2D eigenvalue weighted by molar-refractivity contribution is 7.92. The average Bonchev–Trinajstić information content (AvgIpc) is 2.55. The fraction of sp³-hybridized carbons (Fsp3) is 0.875. The first-order chi connectivity index (χ1) is 10.9. The molecule has 0 aromatic rings. The van der Waals surface area contributed by atoms with Crippen LogP contribution in [-0.2, 0) is 19.4 Å². The Morgan fingerprint density at radius 3 is 2.22 bits per heavy atom. The number of carbonyl (C=O) groups excluding carboxylic acids is 2. The Kier molecular flexibility index (Phi) is 6.44. The molecule has 2 rings (SSSR count). The molecule has 132 valence electrons. The van der Waals surface area contributed by atoms with Gasteiger partial charge < -0.3 is 10.2 Å². The Hall–Kier alpha value is -1.11. The van der Waals surface area contributed by atoms with Crippen molar-refractivity contribution in [3.05, 3.63) is 0 Å². The molecule has 1 saturated heterocycles. The van der Waals surface area contributed by atoms with Crippen LogP contribution in [0.15, 0.2) is 0 Å². The van der Waals surface area contributed by atoms with Crippen molar-refractivity contribution in [1.29, 1.82) is 0 Å². The van der Waals surface area contributed by atoms with Crippen molar-refractivity contribution >= 4 is 21.7 Å². The monoisotopic (exact) mass is 344 g/mol. The summed E-state index contributed by atoms with van der Waals surface area (Å²) in [7, 11) is -1.99. The molecule has 2 fully saturated rings. The quantitative estimate of drug-likeness (QED) is 0.810. The molecular formula is C16H28N2O4S. The number of nitrogens with one attached hydrogen (secondary N) is 1. The molecule has 0 bridgehead atoms. The van der Waals surface area contributed by atoms with Gasteiger partial charge in [0.2, 0.25) is 11.8 Å². The second-order valence-corrected chi connectivity index (χ2v) is 9.05. The molecule has 1 aliphatic heterocycles. The van der Waals surface area contributed by atoms with Gasteiger partial charge in [-0.1, -0.05) is 19.3 Å². The average molecular weight is 344 g/mol. The molecule has 2 aliphatic rings. The van der Waals surface area contributed by atoms with E-state index in [1.54, 1.807) is 4.90 Å². The van der Waals surface area contributed by atoms with Crippen LogP contribution >= 0.6 is 0 Å². The van der Waals surface area contributed by atoms with Gasteiger partial charge in [0.25, 0.3) is 0 Å². The SMILES string of the molecule is CNC(=O)CS(=O)(=O)C1CCN(C(=O)CC2CCCCC2)CC1. The Labute approximate surface area is 138 Å². The standard InChI is InChI=1S/C16H28N2O4S/c1-17-15(19)12-23(21,22)14-7-9-18(10-8-14)16(20)11-13-5-3-2-4-6-13/h13-14H,2-12H2,1H3,(H,17,19). The third kappa shape index (κ3) is 5.19. The molecule has 0 atom stereocenters. The lowest BCUT2D eigenvalue weighted by atomic mass is 9.86. The number of piperidine rings is 1. The van der Waals surface area contributed by atoms with Crippen LogP contribution in [0, 0.1) is 5.92 Å². The molecule has 1 aliphatic carbocycles. The van der Waals surface area contributed by atoms with Gasteiger partial charge in [0.05, 0.1) is 5.25 Å². The summed E-state index contributed by atoms with van der Waals surface area (Å²) in [6, 6.07) is 0. The lowest BCUT2D eigenvalue weighted by Gasteiger charge is -2.33. The van der Waals surface area contributed by atoms with E-state index >= 15 is 0 Å². The van der Waals surface area contributed by atoms with Crippen LogP contribution in [0.3, 0.4) is 0 Å². The van der Waals surface area contributed by atoms with Gasteiger partial charge in [-0.15, -0.1) is 0 Å². The van der Waals surface area contributed by atoms with Crippen LogP contribution in [0.4, 0.5) is 0 Å². The van der Waals surface area contributed by atoms with E-state index in [1.807, 2.05) is 0 Å². The largest absolute Gasteiger partial charge is 0.358 e. The maximum absolute atomic E-state index is 12.4. The Morgan fingerprint density at radius 2 is 1.65 bits per heavy atom. The van der Waals surface area contributed by atoms with E-state index in [9.17, 15) is 18.0 Å². The summed E-state index contributed by atoms with van der Waals surface area (Å²) in [5.74, 6) is -0.254. The molecule has 1 saturated carbocycles. The summed E-state index contributed by atoms with van der Waals surface area (Å²) in [6.45, 7) is 0.979. The summed E-state index contributed by atoms with van der Waals surface area (Å²) in [6.07, 6.45) is 7.49. The summed E-state index contributed by atoms with van der Waals surface area (Å²) < 4.78 is 24.4. The van der Waals surface area contributed by atoms with Gasteiger partial charge >= 0.3 is 0 Å². The number of amides is 2. The number of rotatable bonds is 5. The van der Waals surface area contributed by atoms with Crippen LogP contribution in [0.5, 0.6) is 0 Å². The summed E-state index contributed by atoms with van der Waals surface area (Å²) in [5.41, 5.74) is 0. The Morgan fingerprint density at radius 1 is 1.04 bits per heavy atom. The van der Waals surface area contributed by atoms with E-state index in [4.69, 9.17) is 0 Å². The van der Waals surface area contributed by atoms with Crippen molar-refractivity contribution in [3.63, 3.8) is 0 Å². The topological polar surface area (TPSA) is 83.6 Å². The Bertz CT molecular complexity index is 518. The Balaban J connectivity index is 1.80. The van der Waals surface area contributed by atoms with Gasteiger partial charge in [-0.3, -0.25) is 9.59 Å². The van der Waals surface area contributed by atoms with Gasteiger partial charge in [-0.2, -0.15) is 0 Å². The van der Waals surface area contributed by atoms with Crippen molar-refractivity contribution in [2.45, 2.75) is 56.6 Å². The van der Waals surface area contributed by atoms with Crippen LogP contribution in [-0.4, -0.2) is 56.3 Å². The van der Waals surface area contributed by atoms with Crippen LogP contribution in [0.25, 0.3) is 0 Å². The fourth-order valence-electron chi connectivity index (χ4n) is 3.60. The zero-order chi connectivity index (χ0) is 16.9. The van der Waals surface area contributed by atoms with E-state index < -0.39 is 26.7 Å². The van der Waals surface area contributed by atoms with E-state index in [-0.39, 0.29) is 5.91 Å². The summed E-state index contributed by atoms with van der Waals surface area (Å²) in [5, 5.41) is 1.85. The highest BCUT2D eigenvalue weighted by Crippen LogP contribution is 2.28. The molecule has 23 heavy (non-hydrogen) atoms. The smallest absolute Gasteiger partial charge is 0.234 e. The van der Waals surface area contributed by atoms with Crippen LogP contribution in [0.1, 0.15) is 51.4 Å². The molecule has 0 aromatic carbocycles. The van der Waals surface area contributed by atoms with Gasteiger partial charge in [0, 0.05) is 26.6 Å². The highest BCUT2D eigenvalue weighted by Gasteiger charge is 2.33. The number of likely N-dealkylation sites (tertiary alicyclic amines) is 1. The predicted octanol–water partition coefficient (Wildman–Crippen LogP) is 1.11. The number of hydrogen-bond donors (Lipinski definition) is 1. The van der Waals surface area contributed by atoms with Crippen molar-refractivity contribution < 1.29 is 18.0 Å². The van der Waals surface area contributed by atoms with Crippen LogP contribution < -0.4 is 5.32 Å². The van der Waals surface area contributed by atoms with Crippen molar-refractivity contribution in [2.24, 2.45) is 5.92 Å². The first kappa shape index (κ1) is 18.2. The lowest BCUT2D eigenvalue weighted by Crippen LogP contribution is -2.44. The van der Waals surface area contributed by atoms with Crippen molar-refractivity contribution in [2.75, 3.05) is 25.9 Å². The number of hydrogen-bond acceptors (Lipinski definition) is 4. The first-order valence-corrected chi connectivity index (χ1v) is 10.3. The normalized spacial score (nSPS) is 21.2. The molecule has 2 amide bonds. The van der Waals surface area contributed by atoms with E-state index in [0.717, 1.165) is 12.8 Å². The van der Waals surface area contributed by atoms with E-state index in [1.165, 1.54) is 26.3 Å². The molecule has 7 heteroatoms. The highest BCUT2D eigenvalue weighted by atomic mass is 32.2. The minimum absolute atomic E-state index is 0.166. The van der Waals surface area contributed by atoms with Crippen molar-refractivity contribution in [3.8, 4) is 0 Å². The minimum Gasteiger partial charge on any atom is -0.358 e. The lowest BCUT2D eigenvalue weighted by molar-refractivity contribution is -0.133. The summed E-state index contributed by atoms with van der Waals surface area (Å²) in [4.78, 5) is 25.5. The number of nitrogens with zero attached hydrogens (tertiary/aromatic N) is 1. The second kappa shape index (κ2) is 8.13. The van der Waals surface area contributed by atoms with E-state index in [2.05, 4.69) is 5.32 Å². The number of sulfone groups is 1. The maximum atomic E-state index is 12.4. The maximum Gasteiger partial charge on any atom is 0.234 e. The number of carbonyl (C=O) groups is 2. The van der Waals surface area contributed by atoms with Crippen molar-refractivity contribution in [1.82, 2.24) is 10.2 Å². The molecule has 1 N–H and O–H groups in total. The molecule has 6 nitrogen and oxygen atoms in total. The molecule has 0 radical (unpaired) electrons. The van der Waals surface area contributed by atoms with Gasteiger partial charge in [-0.05, 0) is 31.6 Å². The van der Waals surface area contributed by atoms with E-state index in [0.29, 0.717) is 38.3 Å². The zero-order valence-corrected chi connectivity index (χ0v) is 14.7. The molecular weight excluding hydrogens is 316 g/mol. The summed E-state index contributed by atoms with van der Waals surface area (Å²) >= 11 is 0. The molecule has 1 heterocycles. The third-order valence-electron chi connectivity index (χ3n) is 5.10. The van der Waals surface area contributed by atoms with Gasteiger partial charge in [-0.25, -0.2) is 8.42 Å². The molecule has 0 aromatic heterocycles. The minimum atomic E-state index is -3.42. The molecule has 0 spiro atoms. The van der Waals surface area contributed by atoms with Crippen LogP contribution in [0.2, 0.25) is 0 Å².